The average molecular weight is 285 g/mol. The van der Waals surface area contributed by atoms with Gasteiger partial charge in [0.25, 0.3) is 0 Å². The quantitative estimate of drug-likeness (QED) is 0.804. The molecular formula is C15H15N3O3. The van der Waals surface area contributed by atoms with E-state index in [1.165, 1.54) is 6.07 Å². The maximum atomic E-state index is 11.8. The number of nitrogens with one attached hydrogen (secondary N) is 2. The number of aryl methyl sites for hydroxylation is 1. The first kappa shape index (κ1) is 14.5. The highest BCUT2D eigenvalue weighted by molar-refractivity contribution is 5.99. The minimum Gasteiger partial charge on any atom is -0.478 e. The summed E-state index contributed by atoms with van der Waals surface area (Å²) in [7, 11) is 0. The molecule has 0 spiro atoms. The summed E-state index contributed by atoms with van der Waals surface area (Å²) in [4.78, 5) is 26.9. The van der Waals surface area contributed by atoms with Crippen LogP contribution < -0.4 is 10.6 Å². The molecule has 1 heterocycles. The summed E-state index contributed by atoms with van der Waals surface area (Å²) in [6.45, 7) is 2.25. The van der Waals surface area contributed by atoms with Gasteiger partial charge < -0.3 is 15.7 Å². The Kier molecular flexibility index (Phi) is 4.50. The first-order valence-electron chi connectivity index (χ1n) is 6.34. The standard InChI is InChI=1S/C15H15N3O3/c1-10-6-7-16-8-11(10)9-17-15(21)18-13-5-3-2-4-12(13)14(19)20/h2-8H,9H2,1H3,(H,19,20)(H2,17,18,21). The number of para-hydroxylation sites is 1. The predicted octanol–water partition coefficient (Wildman–Crippen LogP) is 2.41. The molecule has 0 atom stereocenters. The zero-order valence-corrected chi connectivity index (χ0v) is 11.5. The van der Waals surface area contributed by atoms with Gasteiger partial charge in [0, 0.05) is 18.9 Å². The van der Waals surface area contributed by atoms with E-state index in [1.807, 2.05) is 13.0 Å². The summed E-state index contributed by atoms with van der Waals surface area (Å²) in [5, 5.41) is 14.2. The van der Waals surface area contributed by atoms with Crippen LogP contribution in [0.2, 0.25) is 0 Å². The van der Waals surface area contributed by atoms with Crippen molar-refractivity contribution in [3.8, 4) is 0 Å². The van der Waals surface area contributed by atoms with Crippen molar-refractivity contribution in [1.82, 2.24) is 10.3 Å². The molecule has 0 bridgehead atoms. The van der Waals surface area contributed by atoms with Crippen LogP contribution in [-0.2, 0) is 6.54 Å². The minimum absolute atomic E-state index is 0.0465. The molecular weight excluding hydrogens is 270 g/mol. The van der Waals surface area contributed by atoms with Crippen LogP contribution in [0.5, 0.6) is 0 Å². The van der Waals surface area contributed by atoms with E-state index in [2.05, 4.69) is 15.6 Å². The molecule has 1 aromatic carbocycles. The molecule has 0 aliphatic carbocycles. The van der Waals surface area contributed by atoms with E-state index in [9.17, 15) is 9.59 Å². The van der Waals surface area contributed by atoms with E-state index in [0.717, 1.165) is 11.1 Å². The largest absolute Gasteiger partial charge is 0.478 e. The summed E-state index contributed by atoms with van der Waals surface area (Å²) in [5.74, 6) is -1.09. The van der Waals surface area contributed by atoms with Gasteiger partial charge in [0.15, 0.2) is 0 Å². The molecule has 0 aliphatic heterocycles. The number of nitrogens with zero attached hydrogens (tertiary/aromatic N) is 1. The van der Waals surface area contributed by atoms with E-state index in [1.54, 1.807) is 30.6 Å². The van der Waals surface area contributed by atoms with Crippen LogP contribution >= 0.6 is 0 Å². The lowest BCUT2D eigenvalue weighted by Gasteiger charge is -2.10. The lowest BCUT2D eigenvalue weighted by Crippen LogP contribution is -2.29. The number of carbonyl (C=O) groups excluding carboxylic acids is 1. The highest BCUT2D eigenvalue weighted by Gasteiger charge is 2.11. The Morgan fingerprint density at radius 1 is 1.24 bits per heavy atom. The molecule has 21 heavy (non-hydrogen) atoms. The third-order valence-corrected chi connectivity index (χ3v) is 2.99. The molecule has 1 aromatic heterocycles. The minimum atomic E-state index is -1.09. The SMILES string of the molecule is Cc1ccncc1CNC(=O)Nc1ccccc1C(=O)O. The highest BCUT2D eigenvalue weighted by atomic mass is 16.4. The molecule has 0 saturated carbocycles. The molecule has 0 aliphatic rings. The Balaban J connectivity index is 2.00. The Morgan fingerprint density at radius 3 is 2.71 bits per heavy atom. The fraction of sp³-hybridized carbons (Fsp3) is 0.133. The second-order valence-corrected chi connectivity index (χ2v) is 4.46. The zero-order chi connectivity index (χ0) is 15.2. The summed E-state index contributed by atoms with van der Waals surface area (Å²) in [5.41, 5.74) is 2.23. The van der Waals surface area contributed by atoms with Crippen LogP contribution in [0.3, 0.4) is 0 Å². The summed E-state index contributed by atoms with van der Waals surface area (Å²) >= 11 is 0. The molecule has 6 nitrogen and oxygen atoms in total. The van der Waals surface area contributed by atoms with E-state index in [0.29, 0.717) is 6.54 Å². The second-order valence-electron chi connectivity index (χ2n) is 4.46. The Labute approximate surface area is 121 Å². The molecule has 2 rings (SSSR count). The van der Waals surface area contributed by atoms with E-state index >= 15 is 0 Å². The summed E-state index contributed by atoms with van der Waals surface area (Å²) in [6.07, 6.45) is 3.36. The zero-order valence-electron chi connectivity index (χ0n) is 11.5. The van der Waals surface area contributed by atoms with Gasteiger partial charge in [0.1, 0.15) is 0 Å². The van der Waals surface area contributed by atoms with Crippen LogP contribution in [0.15, 0.2) is 42.7 Å². The van der Waals surface area contributed by atoms with Crippen LogP contribution in [0, 0.1) is 6.92 Å². The number of carbonyl (C=O) groups is 2. The lowest BCUT2D eigenvalue weighted by atomic mass is 10.1. The Morgan fingerprint density at radius 2 is 2.00 bits per heavy atom. The first-order chi connectivity index (χ1) is 10.1. The normalized spacial score (nSPS) is 9.95. The molecule has 3 N–H and O–H groups in total. The van der Waals surface area contributed by atoms with Crippen LogP contribution in [-0.4, -0.2) is 22.1 Å². The smallest absolute Gasteiger partial charge is 0.337 e. The number of urea groups is 1. The van der Waals surface area contributed by atoms with Gasteiger partial charge in [-0.2, -0.15) is 0 Å². The van der Waals surface area contributed by atoms with Gasteiger partial charge >= 0.3 is 12.0 Å². The Bertz CT molecular complexity index is 671. The maximum Gasteiger partial charge on any atom is 0.337 e. The van der Waals surface area contributed by atoms with Crippen molar-refractivity contribution in [2.24, 2.45) is 0 Å². The number of rotatable bonds is 4. The number of hydrogen-bond donors (Lipinski definition) is 3. The van der Waals surface area contributed by atoms with Gasteiger partial charge in [-0.25, -0.2) is 9.59 Å². The van der Waals surface area contributed by atoms with E-state index < -0.39 is 12.0 Å². The Hall–Kier alpha value is -2.89. The average Bonchev–Trinajstić information content (AvgIpc) is 2.47. The van der Waals surface area contributed by atoms with Gasteiger partial charge in [0.2, 0.25) is 0 Å². The number of carboxylic acids is 1. The number of carboxylic acid groups (broad SMARTS) is 1. The van der Waals surface area contributed by atoms with Gasteiger partial charge in [-0.1, -0.05) is 12.1 Å². The second kappa shape index (κ2) is 6.51. The number of aromatic nitrogens is 1. The van der Waals surface area contributed by atoms with Crippen molar-refractivity contribution in [3.05, 3.63) is 59.4 Å². The van der Waals surface area contributed by atoms with Crippen molar-refractivity contribution in [2.45, 2.75) is 13.5 Å². The van der Waals surface area contributed by atoms with Crippen LogP contribution in [0.25, 0.3) is 0 Å². The number of amides is 2. The van der Waals surface area contributed by atoms with Crippen molar-refractivity contribution >= 4 is 17.7 Å². The predicted molar refractivity (Wildman–Crippen MR) is 78.2 cm³/mol. The highest BCUT2D eigenvalue weighted by Crippen LogP contribution is 2.14. The fourth-order valence-corrected chi connectivity index (χ4v) is 1.80. The van der Waals surface area contributed by atoms with Gasteiger partial charge in [-0.05, 0) is 36.2 Å². The van der Waals surface area contributed by atoms with E-state index in [-0.39, 0.29) is 11.3 Å². The fourth-order valence-electron chi connectivity index (χ4n) is 1.80. The molecule has 2 amide bonds. The molecule has 2 aromatic rings. The molecule has 0 radical (unpaired) electrons. The van der Waals surface area contributed by atoms with Gasteiger partial charge in [-0.15, -0.1) is 0 Å². The number of hydrogen-bond acceptors (Lipinski definition) is 3. The van der Waals surface area contributed by atoms with Gasteiger partial charge in [-0.3, -0.25) is 4.98 Å². The third kappa shape index (κ3) is 3.79. The number of pyridine rings is 1. The maximum absolute atomic E-state index is 11.8. The van der Waals surface area contributed by atoms with Crippen LogP contribution in [0.1, 0.15) is 21.5 Å². The molecule has 6 heteroatoms. The number of benzene rings is 1. The van der Waals surface area contributed by atoms with E-state index in [4.69, 9.17) is 5.11 Å². The monoisotopic (exact) mass is 285 g/mol. The number of aromatic carboxylic acids is 1. The molecule has 0 saturated heterocycles. The van der Waals surface area contributed by atoms with Crippen molar-refractivity contribution in [3.63, 3.8) is 0 Å². The van der Waals surface area contributed by atoms with Crippen molar-refractivity contribution in [1.29, 1.82) is 0 Å². The summed E-state index contributed by atoms with van der Waals surface area (Å²) < 4.78 is 0. The topological polar surface area (TPSA) is 91.3 Å². The molecule has 0 fully saturated rings. The first-order valence-corrected chi connectivity index (χ1v) is 6.34. The molecule has 108 valence electrons. The van der Waals surface area contributed by atoms with Crippen molar-refractivity contribution in [2.75, 3.05) is 5.32 Å². The lowest BCUT2D eigenvalue weighted by molar-refractivity contribution is 0.0698. The third-order valence-electron chi connectivity index (χ3n) is 2.99. The molecule has 0 unspecified atom stereocenters. The summed E-state index contributed by atoms with van der Waals surface area (Å²) in [6, 6.07) is 7.63. The van der Waals surface area contributed by atoms with Crippen LogP contribution in [0.4, 0.5) is 10.5 Å². The number of anilines is 1. The van der Waals surface area contributed by atoms with Gasteiger partial charge in [0.05, 0.1) is 11.3 Å². The van der Waals surface area contributed by atoms with Crippen molar-refractivity contribution < 1.29 is 14.7 Å².